The summed E-state index contributed by atoms with van der Waals surface area (Å²) in [5.74, 6) is -1.04. The number of halogens is 1. The van der Waals surface area contributed by atoms with Crippen LogP contribution in [0.4, 0.5) is 10.5 Å². The summed E-state index contributed by atoms with van der Waals surface area (Å²) in [6.07, 6.45) is 0. The van der Waals surface area contributed by atoms with E-state index in [1.54, 1.807) is 6.92 Å². The lowest BCUT2D eigenvalue weighted by Crippen LogP contribution is -2.54. The van der Waals surface area contributed by atoms with Crippen molar-refractivity contribution in [2.45, 2.75) is 40.2 Å². The number of urea groups is 1. The number of hydrogen-bond donors (Lipinski definition) is 2. The minimum Gasteiger partial charge on any atom is -0.480 e. The monoisotopic (exact) mass is 356 g/mol. The van der Waals surface area contributed by atoms with Crippen molar-refractivity contribution in [2.24, 2.45) is 0 Å². The van der Waals surface area contributed by atoms with Crippen molar-refractivity contribution in [1.82, 2.24) is 4.90 Å². The number of aryl methyl sites for hydroxylation is 2. The number of anilines is 1. The van der Waals surface area contributed by atoms with Crippen LogP contribution in [0.15, 0.2) is 16.6 Å². The van der Waals surface area contributed by atoms with Crippen LogP contribution in [0, 0.1) is 13.8 Å². The summed E-state index contributed by atoms with van der Waals surface area (Å²) >= 11 is 3.43. The molecule has 0 spiro atoms. The lowest BCUT2D eigenvalue weighted by molar-refractivity contribution is -0.147. The number of carboxylic acid groups (broad SMARTS) is 1. The lowest BCUT2D eigenvalue weighted by Gasteiger charge is -2.34. The molecule has 0 aliphatic carbocycles. The number of rotatable bonds is 4. The van der Waals surface area contributed by atoms with E-state index in [2.05, 4.69) is 21.2 Å². The third-order valence-electron chi connectivity index (χ3n) is 3.42. The molecule has 0 unspecified atom stereocenters. The number of nitrogens with one attached hydrogen (secondary N) is 1. The molecule has 2 amide bonds. The molecule has 0 fully saturated rings. The average Bonchev–Trinajstić information content (AvgIpc) is 2.34. The van der Waals surface area contributed by atoms with E-state index in [0.717, 1.165) is 15.6 Å². The quantitative estimate of drug-likeness (QED) is 0.862. The maximum absolute atomic E-state index is 12.4. The first kappa shape index (κ1) is 17.5. The topological polar surface area (TPSA) is 69.6 Å². The maximum Gasteiger partial charge on any atom is 0.329 e. The molecule has 0 saturated carbocycles. The van der Waals surface area contributed by atoms with Crippen molar-refractivity contribution in [3.63, 3.8) is 0 Å². The minimum absolute atomic E-state index is 0.299. The largest absolute Gasteiger partial charge is 0.480 e. The molecule has 6 heteroatoms. The molecule has 0 aliphatic heterocycles. The number of hydrogen-bond acceptors (Lipinski definition) is 2. The zero-order chi connectivity index (χ0) is 16.4. The SMILES string of the molecule is CCN(C(=O)Nc1c(C)cc(C)cc1Br)C(C)(C)C(=O)O. The first-order chi connectivity index (χ1) is 9.61. The second-order valence-corrected chi connectivity index (χ2v) is 6.33. The van der Waals surface area contributed by atoms with E-state index in [1.165, 1.54) is 18.7 Å². The first-order valence-electron chi connectivity index (χ1n) is 6.70. The molecular weight excluding hydrogens is 336 g/mol. The van der Waals surface area contributed by atoms with E-state index in [0.29, 0.717) is 12.2 Å². The highest BCUT2D eigenvalue weighted by Gasteiger charge is 2.37. The zero-order valence-electron chi connectivity index (χ0n) is 13.0. The molecule has 2 N–H and O–H groups in total. The molecule has 0 bridgehead atoms. The molecule has 0 saturated heterocycles. The van der Waals surface area contributed by atoms with E-state index in [4.69, 9.17) is 0 Å². The number of carbonyl (C=O) groups is 2. The van der Waals surface area contributed by atoms with E-state index in [1.807, 2.05) is 26.0 Å². The van der Waals surface area contributed by atoms with Crippen LogP contribution in [-0.2, 0) is 4.79 Å². The Hall–Kier alpha value is -1.56. The van der Waals surface area contributed by atoms with Gasteiger partial charge in [0.1, 0.15) is 5.54 Å². The third kappa shape index (κ3) is 3.75. The van der Waals surface area contributed by atoms with Crippen LogP contribution in [0.25, 0.3) is 0 Å². The normalized spacial score (nSPS) is 11.1. The van der Waals surface area contributed by atoms with Gasteiger partial charge in [0.05, 0.1) is 5.69 Å². The van der Waals surface area contributed by atoms with Gasteiger partial charge in [-0.25, -0.2) is 9.59 Å². The molecule has 0 heterocycles. The van der Waals surface area contributed by atoms with Crippen LogP contribution in [0.1, 0.15) is 31.9 Å². The number of amides is 2. The van der Waals surface area contributed by atoms with Crippen LogP contribution in [-0.4, -0.2) is 34.1 Å². The molecule has 0 aromatic heterocycles. The second kappa shape index (κ2) is 6.47. The van der Waals surface area contributed by atoms with Crippen LogP contribution in [0.3, 0.4) is 0 Å². The molecule has 1 rings (SSSR count). The first-order valence-corrected chi connectivity index (χ1v) is 7.49. The smallest absolute Gasteiger partial charge is 0.329 e. The van der Waals surface area contributed by atoms with Gasteiger partial charge in [0.25, 0.3) is 0 Å². The van der Waals surface area contributed by atoms with Gasteiger partial charge in [-0.2, -0.15) is 0 Å². The molecular formula is C15H21BrN2O3. The Morgan fingerprint density at radius 3 is 2.33 bits per heavy atom. The van der Waals surface area contributed by atoms with Crippen molar-refractivity contribution in [3.8, 4) is 0 Å². The van der Waals surface area contributed by atoms with Gasteiger partial charge in [0, 0.05) is 11.0 Å². The maximum atomic E-state index is 12.4. The van der Waals surface area contributed by atoms with E-state index in [9.17, 15) is 14.7 Å². The summed E-state index contributed by atoms with van der Waals surface area (Å²) in [6.45, 7) is 8.93. The number of carboxylic acids is 1. The Bertz CT molecular complexity index is 547. The standard InChI is InChI=1S/C15H21BrN2O3/c1-6-18(15(4,5)13(19)20)14(21)17-12-10(3)7-9(2)8-11(12)16/h7-8H,6H2,1-5H3,(H,17,21)(H,19,20). The highest BCUT2D eigenvalue weighted by atomic mass is 79.9. The number of nitrogens with zero attached hydrogens (tertiary/aromatic N) is 1. The van der Waals surface area contributed by atoms with Crippen molar-refractivity contribution in [3.05, 3.63) is 27.7 Å². The van der Waals surface area contributed by atoms with Crippen molar-refractivity contribution in [1.29, 1.82) is 0 Å². The predicted octanol–water partition coefficient (Wildman–Crippen LogP) is 3.78. The Kier molecular flexibility index (Phi) is 5.39. The zero-order valence-corrected chi connectivity index (χ0v) is 14.5. The highest BCUT2D eigenvalue weighted by molar-refractivity contribution is 9.10. The molecule has 21 heavy (non-hydrogen) atoms. The molecule has 5 nitrogen and oxygen atoms in total. The predicted molar refractivity (Wildman–Crippen MR) is 86.7 cm³/mol. The van der Waals surface area contributed by atoms with E-state index >= 15 is 0 Å². The second-order valence-electron chi connectivity index (χ2n) is 5.48. The fourth-order valence-electron chi connectivity index (χ4n) is 2.16. The van der Waals surface area contributed by atoms with Crippen molar-refractivity contribution >= 4 is 33.6 Å². The van der Waals surface area contributed by atoms with Gasteiger partial charge >= 0.3 is 12.0 Å². The summed E-state index contributed by atoms with van der Waals surface area (Å²) < 4.78 is 0.775. The Balaban J connectivity index is 3.08. The fourth-order valence-corrected chi connectivity index (χ4v) is 2.93. The van der Waals surface area contributed by atoms with Crippen molar-refractivity contribution in [2.75, 3.05) is 11.9 Å². The molecule has 0 atom stereocenters. The summed E-state index contributed by atoms with van der Waals surface area (Å²) in [4.78, 5) is 25.0. The summed E-state index contributed by atoms with van der Waals surface area (Å²) in [5.41, 5.74) is 1.38. The van der Waals surface area contributed by atoms with Gasteiger partial charge in [0.15, 0.2) is 0 Å². The summed E-state index contributed by atoms with van der Waals surface area (Å²) in [6, 6.07) is 3.43. The van der Waals surface area contributed by atoms with Crippen LogP contribution in [0.5, 0.6) is 0 Å². The average molecular weight is 357 g/mol. The van der Waals surface area contributed by atoms with Crippen molar-refractivity contribution < 1.29 is 14.7 Å². The van der Waals surface area contributed by atoms with E-state index < -0.39 is 17.5 Å². The fraction of sp³-hybridized carbons (Fsp3) is 0.467. The summed E-state index contributed by atoms with van der Waals surface area (Å²) in [7, 11) is 0. The molecule has 0 radical (unpaired) electrons. The number of benzene rings is 1. The number of likely N-dealkylation sites (N-methyl/N-ethyl adjacent to an activating group) is 1. The van der Waals surface area contributed by atoms with Gasteiger partial charge < -0.3 is 15.3 Å². The molecule has 1 aromatic carbocycles. The van der Waals surface area contributed by atoms with Crippen LogP contribution in [0.2, 0.25) is 0 Å². The highest BCUT2D eigenvalue weighted by Crippen LogP contribution is 2.28. The van der Waals surface area contributed by atoms with E-state index in [-0.39, 0.29) is 0 Å². The summed E-state index contributed by atoms with van der Waals surface area (Å²) in [5, 5.41) is 12.1. The van der Waals surface area contributed by atoms with Crippen LogP contribution < -0.4 is 5.32 Å². The third-order valence-corrected chi connectivity index (χ3v) is 4.05. The molecule has 0 aliphatic rings. The number of carbonyl (C=O) groups excluding carboxylic acids is 1. The lowest BCUT2D eigenvalue weighted by atomic mass is 10.0. The Morgan fingerprint density at radius 2 is 1.90 bits per heavy atom. The minimum atomic E-state index is -1.27. The Morgan fingerprint density at radius 1 is 1.33 bits per heavy atom. The van der Waals surface area contributed by atoms with Gasteiger partial charge in [-0.1, -0.05) is 6.07 Å². The molecule has 116 valence electrons. The molecule has 1 aromatic rings. The number of aliphatic carboxylic acids is 1. The van der Waals surface area contributed by atoms with Crippen LogP contribution >= 0.6 is 15.9 Å². The van der Waals surface area contributed by atoms with Gasteiger partial charge in [-0.15, -0.1) is 0 Å². The van der Waals surface area contributed by atoms with Gasteiger partial charge in [0.2, 0.25) is 0 Å². The Labute approximate surface area is 133 Å². The van der Waals surface area contributed by atoms with Gasteiger partial charge in [-0.3, -0.25) is 0 Å². The van der Waals surface area contributed by atoms with Gasteiger partial charge in [-0.05, 0) is 67.7 Å².